The van der Waals surface area contributed by atoms with Crippen LogP contribution >= 0.6 is 23.2 Å². The van der Waals surface area contributed by atoms with Crippen molar-refractivity contribution in [3.8, 4) is 17.2 Å². The molecule has 0 unspecified atom stereocenters. The highest BCUT2D eigenvalue weighted by Crippen LogP contribution is 2.25. The fourth-order valence-corrected chi connectivity index (χ4v) is 2.53. The molecule has 0 aliphatic carbocycles. The summed E-state index contributed by atoms with van der Waals surface area (Å²) >= 11 is 11.8. The highest BCUT2D eigenvalue weighted by molar-refractivity contribution is 6.34. The molecule has 3 aromatic rings. The molecule has 0 radical (unpaired) electrons. The van der Waals surface area contributed by atoms with Crippen LogP contribution in [0.2, 0.25) is 10.0 Å². The fraction of sp³-hybridized carbons (Fsp3) is 0.133. The van der Waals surface area contributed by atoms with Gasteiger partial charge in [0, 0.05) is 10.0 Å². The predicted molar refractivity (Wildman–Crippen MR) is 86.6 cm³/mol. The standard InChI is InChI=1S/C15H10Cl2F2N4O2/c16-9-5-10(17)7-13(6-9)24-8-14-20-21-22-23(14)11-1-3-12(4-2-11)25-15(18)19/h1-7,15H,8H2. The molecule has 0 amide bonds. The Bertz CT molecular complexity index is 839. The summed E-state index contributed by atoms with van der Waals surface area (Å²) in [7, 11) is 0. The van der Waals surface area contributed by atoms with E-state index < -0.39 is 6.61 Å². The van der Waals surface area contributed by atoms with Crippen molar-refractivity contribution in [2.75, 3.05) is 0 Å². The molecule has 1 heterocycles. The Hall–Kier alpha value is -2.45. The van der Waals surface area contributed by atoms with Crippen molar-refractivity contribution in [1.29, 1.82) is 0 Å². The van der Waals surface area contributed by atoms with Gasteiger partial charge in [0.25, 0.3) is 0 Å². The summed E-state index contributed by atoms with van der Waals surface area (Å²) in [5, 5.41) is 12.2. The van der Waals surface area contributed by atoms with Crippen molar-refractivity contribution in [2.24, 2.45) is 0 Å². The predicted octanol–water partition coefficient (Wildman–Crippen LogP) is 4.15. The smallest absolute Gasteiger partial charge is 0.387 e. The molecule has 10 heteroatoms. The van der Waals surface area contributed by atoms with Crippen LogP contribution in [0, 0.1) is 0 Å². The first-order valence-corrected chi connectivity index (χ1v) is 7.68. The van der Waals surface area contributed by atoms with Gasteiger partial charge in [-0.05, 0) is 52.9 Å². The minimum absolute atomic E-state index is 0.0400. The van der Waals surface area contributed by atoms with Crippen LogP contribution in [0.4, 0.5) is 8.78 Å². The highest BCUT2D eigenvalue weighted by atomic mass is 35.5. The summed E-state index contributed by atoms with van der Waals surface area (Å²) in [5.41, 5.74) is 0.564. The summed E-state index contributed by atoms with van der Waals surface area (Å²) in [5.74, 6) is 0.907. The van der Waals surface area contributed by atoms with Gasteiger partial charge in [-0.25, -0.2) is 0 Å². The van der Waals surface area contributed by atoms with E-state index >= 15 is 0 Å². The van der Waals surface area contributed by atoms with E-state index in [0.29, 0.717) is 27.3 Å². The third kappa shape index (κ3) is 4.55. The van der Waals surface area contributed by atoms with Crippen LogP contribution in [0.1, 0.15) is 5.82 Å². The van der Waals surface area contributed by atoms with E-state index in [1.54, 1.807) is 30.3 Å². The molecule has 1 aromatic heterocycles. The molecule has 0 aliphatic rings. The molecule has 0 aliphatic heterocycles. The molecule has 0 bridgehead atoms. The van der Waals surface area contributed by atoms with Crippen LogP contribution in [0.15, 0.2) is 42.5 Å². The number of halogens is 4. The second kappa shape index (κ2) is 7.62. The largest absolute Gasteiger partial charge is 0.485 e. The number of hydrogen-bond donors (Lipinski definition) is 0. The molecule has 0 saturated carbocycles. The summed E-state index contributed by atoms with van der Waals surface area (Å²) in [6.07, 6.45) is 0. The van der Waals surface area contributed by atoms with E-state index in [4.69, 9.17) is 27.9 Å². The van der Waals surface area contributed by atoms with E-state index in [1.807, 2.05) is 0 Å². The van der Waals surface area contributed by atoms with E-state index in [2.05, 4.69) is 20.3 Å². The normalized spacial score (nSPS) is 10.9. The molecule has 0 atom stereocenters. The van der Waals surface area contributed by atoms with Gasteiger partial charge in [0.15, 0.2) is 5.82 Å². The second-order valence-electron chi connectivity index (χ2n) is 4.77. The Labute approximate surface area is 150 Å². The monoisotopic (exact) mass is 386 g/mol. The average molecular weight is 387 g/mol. The van der Waals surface area contributed by atoms with Gasteiger partial charge in [-0.3, -0.25) is 0 Å². The van der Waals surface area contributed by atoms with Crippen molar-refractivity contribution < 1.29 is 18.3 Å². The van der Waals surface area contributed by atoms with Gasteiger partial charge in [0.05, 0.1) is 5.69 Å². The molecule has 2 aromatic carbocycles. The molecule has 3 rings (SSSR count). The van der Waals surface area contributed by atoms with Gasteiger partial charge in [-0.2, -0.15) is 13.5 Å². The minimum Gasteiger partial charge on any atom is -0.485 e. The molecule has 130 valence electrons. The number of nitrogens with zero attached hydrogens (tertiary/aromatic N) is 4. The molecule has 0 spiro atoms. The number of rotatable bonds is 6. The Morgan fingerprint density at radius 2 is 1.68 bits per heavy atom. The molecular formula is C15H10Cl2F2N4O2. The quantitative estimate of drug-likeness (QED) is 0.636. The van der Waals surface area contributed by atoms with Crippen molar-refractivity contribution >= 4 is 23.2 Å². The van der Waals surface area contributed by atoms with Gasteiger partial charge in [0.2, 0.25) is 0 Å². The molecule has 0 N–H and O–H groups in total. The van der Waals surface area contributed by atoms with E-state index in [-0.39, 0.29) is 12.4 Å². The van der Waals surface area contributed by atoms with Crippen LogP contribution in [0.3, 0.4) is 0 Å². The summed E-state index contributed by atoms with van der Waals surface area (Å²) in [4.78, 5) is 0. The zero-order valence-corrected chi connectivity index (χ0v) is 14.0. The summed E-state index contributed by atoms with van der Waals surface area (Å²) in [6, 6.07) is 10.7. The minimum atomic E-state index is -2.88. The van der Waals surface area contributed by atoms with Gasteiger partial charge < -0.3 is 9.47 Å². The lowest BCUT2D eigenvalue weighted by molar-refractivity contribution is -0.0498. The average Bonchev–Trinajstić information content (AvgIpc) is 3.01. The van der Waals surface area contributed by atoms with Crippen LogP contribution < -0.4 is 9.47 Å². The maximum Gasteiger partial charge on any atom is 0.387 e. The van der Waals surface area contributed by atoms with Crippen LogP contribution in [-0.2, 0) is 6.61 Å². The molecule has 0 fully saturated rings. The van der Waals surface area contributed by atoms with Gasteiger partial charge >= 0.3 is 6.61 Å². The first-order valence-electron chi connectivity index (χ1n) is 6.92. The third-order valence-electron chi connectivity index (χ3n) is 3.04. The maximum atomic E-state index is 12.2. The lowest BCUT2D eigenvalue weighted by Crippen LogP contribution is -2.07. The van der Waals surface area contributed by atoms with Crippen molar-refractivity contribution in [1.82, 2.24) is 20.2 Å². The number of alkyl halides is 2. The Balaban J connectivity index is 1.74. The van der Waals surface area contributed by atoms with Crippen molar-refractivity contribution in [3.63, 3.8) is 0 Å². The van der Waals surface area contributed by atoms with E-state index in [9.17, 15) is 8.78 Å². The lowest BCUT2D eigenvalue weighted by atomic mass is 10.3. The zero-order valence-electron chi connectivity index (χ0n) is 12.4. The van der Waals surface area contributed by atoms with Crippen LogP contribution in [0.5, 0.6) is 11.5 Å². The Morgan fingerprint density at radius 1 is 1.00 bits per heavy atom. The zero-order chi connectivity index (χ0) is 17.8. The number of tetrazole rings is 1. The third-order valence-corrected chi connectivity index (χ3v) is 3.48. The first-order chi connectivity index (χ1) is 12.0. The number of ether oxygens (including phenoxy) is 2. The van der Waals surface area contributed by atoms with E-state index in [0.717, 1.165) is 0 Å². The number of hydrogen-bond acceptors (Lipinski definition) is 5. The fourth-order valence-electron chi connectivity index (χ4n) is 2.02. The first kappa shape index (κ1) is 17.4. The van der Waals surface area contributed by atoms with E-state index in [1.165, 1.54) is 16.8 Å². The number of aromatic nitrogens is 4. The van der Waals surface area contributed by atoms with Gasteiger partial charge in [-0.1, -0.05) is 23.2 Å². The van der Waals surface area contributed by atoms with Crippen molar-refractivity contribution in [3.05, 3.63) is 58.3 Å². The van der Waals surface area contributed by atoms with Crippen LogP contribution in [-0.4, -0.2) is 26.8 Å². The molecule has 0 saturated heterocycles. The summed E-state index contributed by atoms with van der Waals surface area (Å²) < 4.78 is 35.7. The summed E-state index contributed by atoms with van der Waals surface area (Å²) in [6.45, 7) is -2.83. The SMILES string of the molecule is FC(F)Oc1ccc(-n2nnnc2COc2cc(Cl)cc(Cl)c2)cc1. The Morgan fingerprint density at radius 3 is 2.32 bits per heavy atom. The van der Waals surface area contributed by atoms with Crippen molar-refractivity contribution in [2.45, 2.75) is 13.2 Å². The molecule has 25 heavy (non-hydrogen) atoms. The van der Waals surface area contributed by atoms with Gasteiger partial charge in [-0.15, -0.1) is 5.10 Å². The molecule has 6 nitrogen and oxygen atoms in total. The second-order valence-corrected chi connectivity index (χ2v) is 5.65. The van der Waals surface area contributed by atoms with Gasteiger partial charge in [0.1, 0.15) is 18.1 Å². The lowest BCUT2D eigenvalue weighted by Gasteiger charge is -2.09. The Kier molecular flexibility index (Phi) is 5.30. The molecular weight excluding hydrogens is 377 g/mol. The topological polar surface area (TPSA) is 62.1 Å². The number of benzene rings is 2. The maximum absolute atomic E-state index is 12.2. The highest BCUT2D eigenvalue weighted by Gasteiger charge is 2.11. The van der Waals surface area contributed by atoms with Crippen LogP contribution in [0.25, 0.3) is 5.69 Å².